The van der Waals surface area contributed by atoms with Gasteiger partial charge >= 0.3 is 43.7 Å². The second-order valence-electron chi connectivity index (χ2n) is 1.08. The average Bonchev–Trinajstić information content (AvgIpc) is 1.27. The number of hydrogen-bond acceptors (Lipinski definition) is 3. The van der Waals surface area contributed by atoms with Crippen molar-refractivity contribution in [2.45, 2.75) is 12.7 Å². The van der Waals surface area contributed by atoms with Crippen LogP contribution in [0, 0.1) is 0 Å². The Morgan fingerprint density at radius 3 is 1.88 bits per heavy atom. The molecule has 0 heterocycles. The Kier molecular flexibility index (Phi) is 8.27. The summed E-state index contributed by atoms with van der Waals surface area (Å²) in [7, 11) is 0. The summed E-state index contributed by atoms with van der Waals surface area (Å²) in [6, 6.07) is 0. The molecule has 0 rings (SSSR count). The van der Waals surface area contributed by atoms with Crippen molar-refractivity contribution in [3.05, 3.63) is 0 Å². The Morgan fingerprint density at radius 2 is 1.88 bits per heavy atom. The number of aliphatic hydroxyl groups is 2. The SMILES string of the molecule is O=C(O)CC(O)O.[CaH2]. The predicted molar refractivity (Wildman–Crippen MR) is 29.0 cm³/mol. The van der Waals surface area contributed by atoms with Crippen molar-refractivity contribution in [3.8, 4) is 0 Å². The molecule has 0 saturated carbocycles. The molecule has 0 aromatic rings. The predicted octanol–water partition coefficient (Wildman–Crippen LogP) is -2.14. The normalized spacial score (nSPS) is 8.38. The molecule has 0 saturated heterocycles. The van der Waals surface area contributed by atoms with Gasteiger partial charge in [0.1, 0.15) is 0 Å². The number of carbonyl (C=O) groups is 1. The van der Waals surface area contributed by atoms with Crippen LogP contribution in [0.15, 0.2) is 0 Å². The minimum absolute atomic E-state index is 0. The molecule has 0 atom stereocenters. The van der Waals surface area contributed by atoms with Gasteiger partial charge in [0.25, 0.3) is 0 Å². The summed E-state index contributed by atoms with van der Waals surface area (Å²) in [6.45, 7) is 0. The van der Waals surface area contributed by atoms with Gasteiger partial charge in [-0.25, -0.2) is 0 Å². The van der Waals surface area contributed by atoms with Gasteiger partial charge in [0.15, 0.2) is 6.29 Å². The summed E-state index contributed by atoms with van der Waals surface area (Å²) < 4.78 is 0. The Morgan fingerprint density at radius 1 is 1.50 bits per heavy atom. The Bertz CT molecular complexity index is 71.7. The quantitative estimate of drug-likeness (QED) is 0.308. The van der Waals surface area contributed by atoms with Gasteiger partial charge in [0, 0.05) is 0 Å². The Hall–Kier alpha value is 0.650. The van der Waals surface area contributed by atoms with Crippen molar-refractivity contribution in [1.29, 1.82) is 0 Å². The molecular weight excluding hydrogens is 140 g/mol. The number of carboxylic acids is 1. The van der Waals surface area contributed by atoms with Crippen molar-refractivity contribution in [1.82, 2.24) is 0 Å². The summed E-state index contributed by atoms with van der Waals surface area (Å²) in [5.41, 5.74) is 0. The summed E-state index contributed by atoms with van der Waals surface area (Å²) >= 11 is 0. The molecule has 0 aromatic carbocycles. The van der Waals surface area contributed by atoms with Crippen molar-refractivity contribution in [2.75, 3.05) is 0 Å². The van der Waals surface area contributed by atoms with Crippen LogP contribution in [0.2, 0.25) is 0 Å². The first-order valence-electron chi connectivity index (χ1n) is 1.71. The number of carboxylic acid groups (broad SMARTS) is 1. The monoisotopic (exact) mass is 148 g/mol. The minimum atomic E-state index is -1.72. The standard InChI is InChI=1S/C3H6O4.Ca.2H/c4-2(5)1-3(6)7;;;/h2,4-5H,1H2,(H,6,7);;;. The maximum absolute atomic E-state index is 9.49. The molecule has 0 aromatic heterocycles. The van der Waals surface area contributed by atoms with Gasteiger partial charge in [0.05, 0.1) is 6.42 Å². The zero-order valence-electron chi connectivity index (χ0n) is 3.53. The molecule has 0 fully saturated rings. The first kappa shape index (κ1) is 11.4. The fourth-order valence-electron chi connectivity index (χ4n) is 0.156. The maximum atomic E-state index is 9.49. The number of hydrogen-bond donors (Lipinski definition) is 3. The van der Waals surface area contributed by atoms with Crippen LogP contribution in [0.5, 0.6) is 0 Å². The summed E-state index contributed by atoms with van der Waals surface area (Å²) in [5.74, 6) is -1.21. The molecule has 0 amide bonds. The van der Waals surface area contributed by atoms with E-state index in [1.165, 1.54) is 0 Å². The third kappa shape index (κ3) is 9.82. The summed E-state index contributed by atoms with van der Waals surface area (Å²) in [6.07, 6.45) is -2.34. The summed E-state index contributed by atoms with van der Waals surface area (Å²) in [5, 5.41) is 23.6. The molecule has 0 aliphatic rings. The van der Waals surface area contributed by atoms with E-state index >= 15 is 0 Å². The number of aliphatic hydroxyl groups excluding tert-OH is 1. The van der Waals surface area contributed by atoms with E-state index in [0.29, 0.717) is 0 Å². The molecule has 8 heavy (non-hydrogen) atoms. The van der Waals surface area contributed by atoms with Crippen molar-refractivity contribution in [2.24, 2.45) is 0 Å². The van der Waals surface area contributed by atoms with Crippen LogP contribution in [-0.4, -0.2) is 65.3 Å². The summed E-state index contributed by atoms with van der Waals surface area (Å²) in [4.78, 5) is 9.49. The van der Waals surface area contributed by atoms with E-state index in [1.54, 1.807) is 0 Å². The van der Waals surface area contributed by atoms with Gasteiger partial charge in [0.2, 0.25) is 0 Å². The molecule has 0 aliphatic heterocycles. The second kappa shape index (κ2) is 5.78. The van der Waals surface area contributed by atoms with Crippen LogP contribution in [0.4, 0.5) is 0 Å². The molecule has 46 valence electrons. The molecule has 0 radical (unpaired) electrons. The third-order valence-corrected chi connectivity index (χ3v) is 0.357. The molecule has 0 bridgehead atoms. The first-order valence-corrected chi connectivity index (χ1v) is 1.71. The van der Waals surface area contributed by atoms with Crippen LogP contribution in [-0.2, 0) is 4.79 Å². The number of rotatable bonds is 2. The molecular formula is C3H8CaO4. The molecule has 0 spiro atoms. The number of aliphatic carboxylic acids is 1. The fraction of sp³-hybridized carbons (Fsp3) is 0.667. The van der Waals surface area contributed by atoms with E-state index in [-0.39, 0.29) is 37.7 Å². The Labute approximate surface area is 76.1 Å². The van der Waals surface area contributed by atoms with E-state index < -0.39 is 18.7 Å². The zero-order valence-corrected chi connectivity index (χ0v) is 3.53. The van der Waals surface area contributed by atoms with Crippen molar-refractivity contribution < 1.29 is 20.1 Å². The van der Waals surface area contributed by atoms with Crippen LogP contribution in [0.25, 0.3) is 0 Å². The van der Waals surface area contributed by atoms with Gasteiger partial charge in [-0.1, -0.05) is 0 Å². The van der Waals surface area contributed by atoms with E-state index in [4.69, 9.17) is 15.3 Å². The molecule has 5 heteroatoms. The van der Waals surface area contributed by atoms with E-state index in [9.17, 15) is 4.79 Å². The molecule has 4 nitrogen and oxygen atoms in total. The average molecular weight is 148 g/mol. The first-order chi connectivity index (χ1) is 3.13. The fourth-order valence-corrected chi connectivity index (χ4v) is 0.156. The van der Waals surface area contributed by atoms with E-state index in [2.05, 4.69) is 0 Å². The molecule has 0 unspecified atom stereocenters. The molecule has 3 N–H and O–H groups in total. The Balaban J connectivity index is 0. The van der Waals surface area contributed by atoms with Crippen LogP contribution < -0.4 is 0 Å². The van der Waals surface area contributed by atoms with Crippen LogP contribution in [0.1, 0.15) is 6.42 Å². The third-order valence-electron chi connectivity index (χ3n) is 0.357. The van der Waals surface area contributed by atoms with Crippen molar-refractivity contribution in [3.63, 3.8) is 0 Å². The second-order valence-corrected chi connectivity index (χ2v) is 1.08. The van der Waals surface area contributed by atoms with E-state index in [0.717, 1.165) is 0 Å². The van der Waals surface area contributed by atoms with Gasteiger partial charge in [-0.15, -0.1) is 0 Å². The van der Waals surface area contributed by atoms with Gasteiger partial charge in [-0.05, 0) is 0 Å². The molecule has 0 aliphatic carbocycles. The topological polar surface area (TPSA) is 77.8 Å². The van der Waals surface area contributed by atoms with Crippen molar-refractivity contribution >= 4 is 43.7 Å². The van der Waals surface area contributed by atoms with Crippen LogP contribution >= 0.6 is 0 Å². The van der Waals surface area contributed by atoms with Gasteiger partial charge in [-0.3, -0.25) is 4.79 Å². The van der Waals surface area contributed by atoms with Gasteiger partial charge < -0.3 is 15.3 Å². The van der Waals surface area contributed by atoms with E-state index in [1.807, 2.05) is 0 Å². The van der Waals surface area contributed by atoms with Crippen LogP contribution in [0.3, 0.4) is 0 Å². The van der Waals surface area contributed by atoms with Gasteiger partial charge in [-0.2, -0.15) is 0 Å². The zero-order chi connectivity index (χ0) is 5.86.